The molecule has 3 heteroatoms. The number of anilines is 1. The van der Waals surface area contributed by atoms with E-state index in [9.17, 15) is 4.79 Å². The standard InChI is InChI=1S/C22H27NO2/c1-15(2)17-8-11-20(12-9-17)23-22(24)16(3)25-21-13-10-18-6-4-5-7-19(18)14-21/h8-16H,4-7H2,1-3H3,(H,23,24). The average molecular weight is 337 g/mol. The van der Waals surface area contributed by atoms with E-state index in [4.69, 9.17) is 4.74 Å². The number of nitrogens with one attached hydrogen (secondary N) is 1. The van der Waals surface area contributed by atoms with E-state index in [2.05, 4.69) is 43.4 Å². The molecule has 0 radical (unpaired) electrons. The monoisotopic (exact) mass is 337 g/mol. The van der Waals surface area contributed by atoms with Crippen LogP contribution >= 0.6 is 0 Å². The van der Waals surface area contributed by atoms with E-state index in [1.807, 2.05) is 18.2 Å². The Balaban J connectivity index is 1.60. The fraction of sp³-hybridized carbons (Fsp3) is 0.409. The van der Waals surface area contributed by atoms with Crippen LogP contribution in [0, 0.1) is 0 Å². The van der Waals surface area contributed by atoms with Gasteiger partial charge in [-0.15, -0.1) is 0 Å². The third-order valence-electron chi connectivity index (χ3n) is 4.85. The van der Waals surface area contributed by atoms with Crippen molar-refractivity contribution in [2.45, 2.75) is 58.5 Å². The van der Waals surface area contributed by atoms with Crippen LogP contribution in [0.4, 0.5) is 5.69 Å². The maximum Gasteiger partial charge on any atom is 0.265 e. The Kier molecular flexibility index (Phi) is 5.42. The fourth-order valence-electron chi connectivity index (χ4n) is 3.24. The molecular weight excluding hydrogens is 310 g/mol. The topological polar surface area (TPSA) is 38.3 Å². The van der Waals surface area contributed by atoms with Crippen LogP contribution in [0.15, 0.2) is 42.5 Å². The number of fused-ring (bicyclic) bond motifs is 1. The highest BCUT2D eigenvalue weighted by Gasteiger charge is 2.16. The molecule has 3 rings (SSSR count). The SMILES string of the molecule is CC(Oc1ccc2c(c1)CCCC2)C(=O)Nc1ccc(C(C)C)cc1. The quantitative estimate of drug-likeness (QED) is 0.825. The Morgan fingerprint density at radius 3 is 2.32 bits per heavy atom. The number of carbonyl (C=O) groups excluding carboxylic acids is 1. The van der Waals surface area contributed by atoms with Gasteiger partial charge in [0.15, 0.2) is 6.10 Å². The zero-order valence-corrected chi connectivity index (χ0v) is 15.3. The van der Waals surface area contributed by atoms with Crippen LogP contribution in [-0.2, 0) is 17.6 Å². The van der Waals surface area contributed by atoms with Crippen molar-refractivity contribution in [1.82, 2.24) is 0 Å². The Bertz CT molecular complexity index is 734. The summed E-state index contributed by atoms with van der Waals surface area (Å²) in [5.74, 6) is 1.13. The normalized spacial score (nSPS) is 14.7. The smallest absolute Gasteiger partial charge is 0.265 e. The number of hydrogen-bond donors (Lipinski definition) is 1. The minimum absolute atomic E-state index is 0.130. The van der Waals surface area contributed by atoms with E-state index in [1.54, 1.807) is 6.92 Å². The Labute approximate surface area is 150 Å². The molecule has 0 aromatic heterocycles. The second kappa shape index (κ2) is 7.73. The van der Waals surface area contributed by atoms with Gasteiger partial charge in [-0.3, -0.25) is 4.79 Å². The van der Waals surface area contributed by atoms with Gasteiger partial charge < -0.3 is 10.1 Å². The van der Waals surface area contributed by atoms with Crippen molar-refractivity contribution in [3.8, 4) is 5.75 Å². The van der Waals surface area contributed by atoms with Crippen LogP contribution < -0.4 is 10.1 Å². The van der Waals surface area contributed by atoms with Crippen molar-refractivity contribution < 1.29 is 9.53 Å². The Morgan fingerprint density at radius 1 is 0.960 bits per heavy atom. The number of amides is 1. The molecular formula is C22H27NO2. The molecule has 0 aliphatic heterocycles. The third kappa shape index (κ3) is 4.41. The van der Waals surface area contributed by atoms with Crippen LogP contribution in [0.25, 0.3) is 0 Å². The van der Waals surface area contributed by atoms with E-state index < -0.39 is 6.10 Å². The third-order valence-corrected chi connectivity index (χ3v) is 4.85. The summed E-state index contributed by atoms with van der Waals surface area (Å²) in [6.07, 6.45) is 4.22. The lowest BCUT2D eigenvalue weighted by Gasteiger charge is -2.19. The zero-order chi connectivity index (χ0) is 17.8. The first-order valence-corrected chi connectivity index (χ1v) is 9.22. The van der Waals surface area contributed by atoms with Crippen LogP contribution in [0.3, 0.4) is 0 Å². The highest BCUT2D eigenvalue weighted by Crippen LogP contribution is 2.26. The van der Waals surface area contributed by atoms with Gasteiger partial charge in [-0.05, 0) is 79.5 Å². The number of rotatable bonds is 5. The summed E-state index contributed by atoms with van der Waals surface area (Å²) in [5, 5.41) is 2.93. The van der Waals surface area contributed by atoms with E-state index in [0.29, 0.717) is 5.92 Å². The molecule has 3 nitrogen and oxygen atoms in total. The maximum atomic E-state index is 12.4. The second-order valence-corrected chi connectivity index (χ2v) is 7.16. The average Bonchev–Trinajstić information content (AvgIpc) is 2.62. The summed E-state index contributed by atoms with van der Waals surface area (Å²) in [6, 6.07) is 14.2. The lowest BCUT2D eigenvalue weighted by molar-refractivity contribution is -0.122. The first-order valence-electron chi connectivity index (χ1n) is 9.22. The molecule has 1 aliphatic carbocycles. The van der Waals surface area contributed by atoms with E-state index in [1.165, 1.54) is 29.5 Å². The van der Waals surface area contributed by atoms with Gasteiger partial charge in [0.05, 0.1) is 0 Å². The summed E-state index contributed by atoms with van der Waals surface area (Å²) in [4.78, 5) is 12.4. The second-order valence-electron chi connectivity index (χ2n) is 7.16. The van der Waals surface area contributed by atoms with Crippen LogP contribution in [0.2, 0.25) is 0 Å². The number of ether oxygens (including phenoxy) is 1. The molecule has 0 saturated heterocycles. The van der Waals surface area contributed by atoms with E-state index >= 15 is 0 Å². The first-order chi connectivity index (χ1) is 12.0. The molecule has 1 unspecified atom stereocenters. The van der Waals surface area contributed by atoms with Gasteiger partial charge in [-0.1, -0.05) is 32.0 Å². The molecule has 0 heterocycles. The van der Waals surface area contributed by atoms with Gasteiger partial charge in [-0.2, -0.15) is 0 Å². The van der Waals surface area contributed by atoms with Crippen molar-refractivity contribution >= 4 is 11.6 Å². The van der Waals surface area contributed by atoms with Crippen LogP contribution in [-0.4, -0.2) is 12.0 Å². The lowest BCUT2D eigenvalue weighted by atomic mass is 9.92. The van der Waals surface area contributed by atoms with Gasteiger partial charge in [0, 0.05) is 5.69 Å². The van der Waals surface area contributed by atoms with Gasteiger partial charge >= 0.3 is 0 Å². The van der Waals surface area contributed by atoms with Gasteiger partial charge in [-0.25, -0.2) is 0 Å². The van der Waals surface area contributed by atoms with E-state index in [0.717, 1.165) is 24.3 Å². The molecule has 1 aliphatic rings. The molecule has 1 amide bonds. The van der Waals surface area contributed by atoms with Crippen LogP contribution in [0.1, 0.15) is 56.2 Å². The Morgan fingerprint density at radius 2 is 1.64 bits per heavy atom. The molecule has 0 bridgehead atoms. The number of carbonyl (C=O) groups is 1. The molecule has 1 N–H and O–H groups in total. The molecule has 0 fully saturated rings. The predicted octanol–water partition coefficient (Wildman–Crippen LogP) is 5.09. The first kappa shape index (κ1) is 17.5. The Hall–Kier alpha value is -2.29. The molecule has 2 aromatic carbocycles. The van der Waals surface area contributed by atoms with Crippen molar-refractivity contribution in [3.05, 3.63) is 59.2 Å². The fourth-order valence-corrected chi connectivity index (χ4v) is 3.24. The maximum absolute atomic E-state index is 12.4. The van der Waals surface area contributed by atoms with Crippen molar-refractivity contribution in [3.63, 3.8) is 0 Å². The van der Waals surface area contributed by atoms with Gasteiger partial charge in [0.1, 0.15) is 5.75 Å². The molecule has 0 saturated carbocycles. The van der Waals surface area contributed by atoms with E-state index in [-0.39, 0.29) is 5.91 Å². The van der Waals surface area contributed by atoms with Gasteiger partial charge in [0.2, 0.25) is 0 Å². The lowest BCUT2D eigenvalue weighted by Crippen LogP contribution is -2.30. The van der Waals surface area contributed by atoms with Crippen molar-refractivity contribution in [2.75, 3.05) is 5.32 Å². The minimum atomic E-state index is -0.536. The summed E-state index contributed by atoms with van der Waals surface area (Å²) in [7, 11) is 0. The number of aryl methyl sites for hydroxylation is 2. The van der Waals surface area contributed by atoms with Crippen molar-refractivity contribution in [2.24, 2.45) is 0 Å². The zero-order valence-electron chi connectivity index (χ0n) is 15.3. The van der Waals surface area contributed by atoms with Gasteiger partial charge in [0.25, 0.3) is 5.91 Å². The number of hydrogen-bond acceptors (Lipinski definition) is 2. The summed E-state index contributed by atoms with van der Waals surface area (Å²) in [6.45, 7) is 6.10. The largest absolute Gasteiger partial charge is 0.481 e. The molecule has 132 valence electrons. The summed E-state index contributed by atoms with van der Waals surface area (Å²) < 4.78 is 5.86. The van der Waals surface area contributed by atoms with Crippen molar-refractivity contribution in [1.29, 1.82) is 0 Å². The summed E-state index contributed by atoms with van der Waals surface area (Å²) >= 11 is 0. The predicted molar refractivity (Wildman–Crippen MR) is 102 cm³/mol. The highest BCUT2D eigenvalue weighted by atomic mass is 16.5. The summed E-state index contributed by atoms with van der Waals surface area (Å²) in [5.41, 5.74) is 4.84. The minimum Gasteiger partial charge on any atom is -0.481 e. The highest BCUT2D eigenvalue weighted by molar-refractivity contribution is 5.94. The molecule has 25 heavy (non-hydrogen) atoms. The molecule has 0 spiro atoms. The molecule has 1 atom stereocenters. The molecule has 2 aromatic rings. The van der Waals surface area contributed by atoms with Crippen LogP contribution in [0.5, 0.6) is 5.75 Å². The number of benzene rings is 2.